The molecule has 0 radical (unpaired) electrons. The molecule has 1 atom stereocenters. The third-order valence-electron chi connectivity index (χ3n) is 4.51. The van der Waals surface area contributed by atoms with E-state index in [1.807, 2.05) is 12.1 Å². The topological polar surface area (TPSA) is 65.6 Å². The number of rotatable bonds is 4. The van der Waals surface area contributed by atoms with Crippen LogP contribution < -0.4 is 10.6 Å². The van der Waals surface area contributed by atoms with Gasteiger partial charge in [0.25, 0.3) is 0 Å². The summed E-state index contributed by atoms with van der Waals surface area (Å²) in [6.07, 6.45) is 5.80. The fraction of sp³-hybridized carbons (Fsp3) is 0.263. The molecule has 128 valence electrons. The molecule has 6 heteroatoms. The number of benzene rings is 1. The maximum Gasteiger partial charge on any atom is 0.156 e. The number of pyridine rings is 1. The Morgan fingerprint density at radius 1 is 1.04 bits per heavy atom. The van der Waals surface area contributed by atoms with Crippen molar-refractivity contribution < 1.29 is 4.39 Å². The number of nitrogens with one attached hydrogen (secondary N) is 3. The number of nitrogens with zero attached hydrogens (tertiary/aromatic N) is 2. The van der Waals surface area contributed by atoms with Crippen LogP contribution in [-0.2, 0) is 0 Å². The standard InChI is InChI=1S/C19H20FN5/c20-15-5-3-14(4-6-15)18-17(13-7-10-21-11-8-13)19(25-24-18)23-16-2-1-9-22-12-16/h3-8,10-11,16,22H,1-2,9,12H2,(H2,23,24,25). The van der Waals surface area contributed by atoms with Gasteiger partial charge in [-0.15, -0.1) is 0 Å². The second kappa shape index (κ2) is 7.03. The lowest BCUT2D eigenvalue weighted by Gasteiger charge is -2.24. The van der Waals surface area contributed by atoms with Crippen molar-refractivity contribution >= 4 is 5.82 Å². The fourth-order valence-corrected chi connectivity index (χ4v) is 3.24. The minimum absolute atomic E-state index is 0.250. The van der Waals surface area contributed by atoms with Gasteiger partial charge in [0.05, 0.1) is 11.3 Å². The smallest absolute Gasteiger partial charge is 0.156 e. The lowest BCUT2D eigenvalue weighted by molar-refractivity contribution is 0.479. The van der Waals surface area contributed by atoms with E-state index < -0.39 is 0 Å². The van der Waals surface area contributed by atoms with E-state index in [1.165, 1.54) is 12.1 Å². The molecule has 1 aromatic carbocycles. The van der Waals surface area contributed by atoms with Gasteiger partial charge in [0.1, 0.15) is 5.82 Å². The molecule has 1 fully saturated rings. The van der Waals surface area contributed by atoms with Crippen LogP contribution in [-0.4, -0.2) is 34.3 Å². The van der Waals surface area contributed by atoms with E-state index in [4.69, 9.17) is 0 Å². The summed E-state index contributed by atoms with van der Waals surface area (Å²) < 4.78 is 13.3. The predicted octanol–water partition coefficient (Wildman–Crippen LogP) is 3.44. The van der Waals surface area contributed by atoms with Crippen molar-refractivity contribution in [1.29, 1.82) is 0 Å². The highest BCUT2D eigenvalue weighted by Crippen LogP contribution is 2.36. The van der Waals surface area contributed by atoms with Crippen molar-refractivity contribution in [3.8, 4) is 22.4 Å². The first-order valence-electron chi connectivity index (χ1n) is 8.53. The van der Waals surface area contributed by atoms with Crippen LogP contribution in [0.3, 0.4) is 0 Å². The SMILES string of the molecule is Fc1ccc(-c2[nH]nc(NC3CCCNC3)c2-c2ccncc2)cc1. The second-order valence-electron chi connectivity index (χ2n) is 6.25. The van der Waals surface area contributed by atoms with E-state index in [0.717, 1.165) is 54.1 Å². The Kier molecular flexibility index (Phi) is 4.43. The Balaban J connectivity index is 1.75. The third-order valence-corrected chi connectivity index (χ3v) is 4.51. The molecule has 5 nitrogen and oxygen atoms in total. The molecule has 1 unspecified atom stereocenters. The lowest BCUT2D eigenvalue weighted by atomic mass is 10.0. The van der Waals surface area contributed by atoms with Gasteiger partial charge in [-0.05, 0) is 61.3 Å². The molecule has 0 amide bonds. The van der Waals surface area contributed by atoms with E-state index in [-0.39, 0.29) is 5.82 Å². The van der Waals surface area contributed by atoms with Crippen molar-refractivity contribution in [3.63, 3.8) is 0 Å². The van der Waals surface area contributed by atoms with Crippen LogP contribution in [0.1, 0.15) is 12.8 Å². The van der Waals surface area contributed by atoms with E-state index >= 15 is 0 Å². The van der Waals surface area contributed by atoms with Gasteiger partial charge in [0, 0.05) is 30.5 Å². The predicted molar refractivity (Wildman–Crippen MR) is 96.7 cm³/mol. The summed E-state index contributed by atoms with van der Waals surface area (Å²) in [5, 5.41) is 14.6. The molecule has 2 aromatic heterocycles. The molecule has 0 bridgehead atoms. The van der Waals surface area contributed by atoms with E-state index in [0.29, 0.717) is 6.04 Å². The van der Waals surface area contributed by atoms with Gasteiger partial charge in [-0.2, -0.15) is 5.10 Å². The zero-order valence-corrected chi connectivity index (χ0v) is 13.8. The van der Waals surface area contributed by atoms with Crippen LogP contribution >= 0.6 is 0 Å². The minimum Gasteiger partial charge on any atom is -0.364 e. The molecule has 0 spiro atoms. The quantitative estimate of drug-likeness (QED) is 0.682. The monoisotopic (exact) mass is 337 g/mol. The largest absolute Gasteiger partial charge is 0.364 e. The molecule has 0 aliphatic carbocycles. The van der Waals surface area contributed by atoms with Crippen LogP contribution in [0.5, 0.6) is 0 Å². The summed E-state index contributed by atoms with van der Waals surface area (Å²) >= 11 is 0. The normalized spacial score (nSPS) is 17.4. The van der Waals surface area contributed by atoms with Crippen LogP contribution in [0.2, 0.25) is 0 Å². The lowest BCUT2D eigenvalue weighted by Crippen LogP contribution is -2.38. The maximum atomic E-state index is 13.3. The highest BCUT2D eigenvalue weighted by atomic mass is 19.1. The van der Waals surface area contributed by atoms with Crippen molar-refractivity contribution in [2.45, 2.75) is 18.9 Å². The average Bonchev–Trinajstić information content (AvgIpc) is 3.07. The minimum atomic E-state index is -0.250. The Labute approximate surface area is 145 Å². The van der Waals surface area contributed by atoms with Crippen molar-refractivity contribution in [3.05, 3.63) is 54.6 Å². The van der Waals surface area contributed by atoms with Crippen molar-refractivity contribution in [2.75, 3.05) is 18.4 Å². The average molecular weight is 337 g/mol. The van der Waals surface area contributed by atoms with Crippen molar-refractivity contribution in [2.24, 2.45) is 0 Å². The zero-order chi connectivity index (χ0) is 17.1. The molecule has 3 N–H and O–H groups in total. The van der Waals surface area contributed by atoms with Gasteiger partial charge < -0.3 is 10.6 Å². The van der Waals surface area contributed by atoms with Crippen LogP contribution in [0, 0.1) is 5.82 Å². The molecular weight excluding hydrogens is 317 g/mol. The van der Waals surface area contributed by atoms with Gasteiger partial charge in [0.2, 0.25) is 0 Å². The van der Waals surface area contributed by atoms with Gasteiger partial charge >= 0.3 is 0 Å². The summed E-state index contributed by atoms with van der Waals surface area (Å²) in [7, 11) is 0. The first-order chi connectivity index (χ1) is 12.3. The van der Waals surface area contributed by atoms with Gasteiger partial charge in [-0.3, -0.25) is 10.1 Å². The third kappa shape index (κ3) is 3.39. The van der Waals surface area contributed by atoms with Crippen LogP contribution in [0.25, 0.3) is 22.4 Å². The van der Waals surface area contributed by atoms with Crippen molar-refractivity contribution in [1.82, 2.24) is 20.5 Å². The Hall–Kier alpha value is -2.73. The van der Waals surface area contributed by atoms with E-state index in [9.17, 15) is 4.39 Å². The molecular formula is C19H20FN5. The summed E-state index contributed by atoms with van der Waals surface area (Å²) in [5.41, 5.74) is 3.78. The summed E-state index contributed by atoms with van der Waals surface area (Å²) in [4.78, 5) is 4.10. The fourth-order valence-electron chi connectivity index (χ4n) is 3.24. The van der Waals surface area contributed by atoms with Gasteiger partial charge in [-0.1, -0.05) is 0 Å². The summed E-state index contributed by atoms with van der Waals surface area (Å²) in [6.45, 7) is 1.99. The Morgan fingerprint density at radius 2 is 1.84 bits per heavy atom. The van der Waals surface area contributed by atoms with Crippen LogP contribution in [0.15, 0.2) is 48.8 Å². The Bertz CT molecular complexity index is 823. The molecule has 1 saturated heterocycles. The number of hydrogen-bond acceptors (Lipinski definition) is 4. The highest BCUT2D eigenvalue weighted by Gasteiger charge is 2.20. The molecule has 25 heavy (non-hydrogen) atoms. The van der Waals surface area contributed by atoms with E-state index in [1.54, 1.807) is 24.5 Å². The molecule has 3 heterocycles. The number of aromatic nitrogens is 3. The number of halogens is 1. The number of piperidine rings is 1. The van der Waals surface area contributed by atoms with Gasteiger partial charge in [-0.25, -0.2) is 4.39 Å². The molecule has 0 saturated carbocycles. The van der Waals surface area contributed by atoms with Crippen LogP contribution in [0.4, 0.5) is 10.2 Å². The highest BCUT2D eigenvalue weighted by molar-refractivity contribution is 5.88. The second-order valence-corrected chi connectivity index (χ2v) is 6.25. The van der Waals surface area contributed by atoms with E-state index in [2.05, 4.69) is 25.8 Å². The first-order valence-corrected chi connectivity index (χ1v) is 8.53. The summed E-state index contributed by atoms with van der Waals surface area (Å²) in [6, 6.07) is 10.7. The maximum absolute atomic E-state index is 13.3. The molecule has 1 aliphatic heterocycles. The van der Waals surface area contributed by atoms with Gasteiger partial charge in [0.15, 0.2) is 5.82 Å². The number of anilines is 1. The summed E-state index contributed by atoms with van der Waals surface area (Å²) in [5.74, 6) is 0.569. The number of aromatic amines is 1. The zero-order valence-electron chi connectivity index (χ0n) is 13.8. The Morgan fingerprint density at radius 3 is 2.56 bits per heavy atom. The number of H-pyrrole nitrogens is 1. The molecule has 3 aromatic rings. The molecule has 1 aliphatic rings. The molecule has 4 rings (SSSR count). The number of hydrogen-bond donors (Lipinski definition) is 3. The first kappa shape index (κ1) is 15.8.